The Morgan fingerprint density at radius 2 is 1.73 bits per heavy atom. The van der Waals surface area contributed by atoms with Crippen LogP contribution in [0.1, 0.15) is 16.7 Å². The molecule has 0 spiro atoms. The Bertz CT molecular complexity index is 883. The molecular weight excluding hydrogens is 404 g/mol. The van der Waals surface area contributed by atoms with Crippen LogP contribution in [0, 0.1) is 5.82 Å². The van der Waals surface area contributed by atoms with E-state index in [1.807, 2.05) is 12.1 Å². The Morgan fingerprint density at radius 3 is 2.33 bits per heavy atom. The van der Waals surface area contributed by atoms with Crippen molar-refractivity contribution in [1.82, 2.24) is 16.0 Å². The summed E-state index contributed by atoms with van der Waals surface area (Å²) in [5.41, 5.74) is -0.332. The van der Waals surface area contributed by atoms with Crippen molar-refractivity contribution >= 4 is 11.9 Å². The maximum Gasteiger partial charge on any atom is 0.416 e. The van der Waals surface area contributed by atoms with Crippen LogP contribution >= 0.6 is 0 Å². The molecule has 0 fully saturated rings. The van der Waals surface area contributed by atoms with Gasteiger partial charge in [-0.05, 0) is 35.4 Å². The molecule has 0 saturated carbocycles. The fraction of sp³-hybridized carbons (Fsp3) is 0.300. The first kappa shape index (κ1) is 23.0. The van der Waals surface area contributed by atoms with Gasteiger partial charge in [0.15, 0.2) is 5.96 Å². The van der Waals surface area contributed by atoms with Crippen molar-refractivity contribution in [1.29, 1.82) is 0 Å². The highest BCUT2D eigenvalue weighted by Crippen LogP contribution is 2.32. The monoisotopic (exact) mass is 426 g/mol. The van der Waals surface area contributed by atoms with Crippen LogP contribution in [0.15, 0.2) is 47.5 Å². The molecule has 6 nitrogen and oxygen atoms in total. The van der Waals surface area contributed by atoms with Crippen LogP contribution in [-0.4, -0.2) is 32.6 Å². The molecule has 162 valence electrons. The van der Waals surface area contributed by atoms with E-state index in [-0.39, 0.29) is 30.5 Å². The maximum atomic E-state index is 13.2. The molecule has 1 amide bonds. The summed E-state index contributed by atoms with van der Waals surface area (Å²) in [6, 6.07) is 9.63. The molecule has 0 saturated heterocycles. The Hall–Kier alpha value is -3.30. The number of carbonyl (C=O) groups excluding carboxylic acids is 1. The summed E-state index contributed by atoms with van der Waals surface area (Å²) in [7, 11) is 2.98. The Balaban J connectivity index is 1.84. The minimum atomic E-state index is -4.68. The van der Waals surface area contributed by atoms with Gasteiger partial charge in [-0.2, -0.15) is 13.2 Å². The topological polar surface area (TPSA) is 74.8 Å². The Kier molecular flexibility index (Phi) is 8.02. The number of nitrogens with zero attached hydrogens (tertiary/aromatic N) is 1. The minimum Gasteiger partial charge on any atom is -0.497 e. The van der Waals surface area contributed by atoms with Gasteiger partial charge in [0.2, 0.25) is 5.91 Å². The van der Waals surface area contributed by atoms with Crippen molar-refractivity contribution in [3.8, 4) is 5.75 Å². The second kappa shape index (κ2) is 10.5. The SMILES string of the molecule is CN=C(NCC(=O)NCc1ccc(OC)cc1)NCc1ccc(F)cc1C(F)(F)F. The molecule has 0 radical (unpaired) electrons. The van der Waals surface area contributed by atoms with Gasteiger partial charge in [0, 0.05) is 20.1 Å². The van der Waals surface area contributed by atoms with E-state index in [1.165, 1.54) is 7.05 Å². The van der Waals surface area contributed by atoms with Gasteiger partial charge in [0.1, 0.15) is 11.6 Å². The lowest BCUT2D eigenvalue weighted by Gasteiger charge is -2.16. The predicted octanol–water partition coefficient (Wildman–Crippen LogP) is 2.83. The van der Waals surface area contributed by atoms with Crippen LogP contribution < -0.4 is 20.7 Å². The van der Waals surface area contributed by atoms with Gasteiger partial charge in [-0.1, -0.05) is 18.2 Å². The third-order valence-corrected chi connectivity index (χ3v) is 4.11. The number of methoxy groups -OCH3 is 1. The van der Waals surface area contributed by atoms with Gasteiger partial charge in [0.25, 0.3) is 0 Å². The smallest absolute Gasteiger partial charge is 0.416 e. The van der Waals surface area contributed by atoms with Crippen molar-refractivity contribution < 1.29 is 27.1 Å². The summed E-state index contributed by atoms with van der Waals surface area (Å²) in [5, 5.41) is 8.11. The van der Waals surface area contributed by atoms with Crippen LogP contribution in [-0.2, 0) is 24.1 Å². The quantitative estimate of drug-likeness (QED) is 0.362. The number of amides is 1. The molecule has 0 aliphatic carbocycles. The summed E-state index contributed by atoms with van der Waals surface area (Å²) >= 11 is 0. The lowest BCUT2D eigenvalue weighted by molar-refractivity contribution is -0.138. The summed E-state index contributed by atoms with van der Waals surface area (Å²) < 4.78 is 57.4. The third kappa shape index (κ3) is 6.94. The molecule has 2 aromatic carbocycles. The zero-order valence-corrected chi connectivity index (χ0v) is 16.4. The lowest BCUT2D eigenvalue weighted by atomic mass is 10.1. The number of rotatable bonds is 7. The number of hydrogen-bond acceptors (Lipinski definition) is 3. The summed E-state index contributed by atoms with van der Waals surface area (Å²) in [6.45, 7) is -0.0747. The number of alkyl halides is 3. The van der Waals surface area contributed by atoms with E-state index in [4.69, 9.17) is 4.74 Å². The number of guanidine groups is 1. The normalized spacial score (nSPS) is 11.7. The summed E-state index contributed by atoms with van der Waals surface area (Å²) in [4.78, 5) is 15.9. The first-order chi connectivity index (χ1) is 14.2. The molecule has 10 heteroatoms. The predicted molar refractivity (Wildman–Crippen MR) is 104 cm³/mol. The van der Waals surface area contributed by atoms with Crippen LogP contribution in [0.25, 0.3) is 0 Å². The van der Waals surface area contributed by atoms with E-state index < -0.39 is 17.6 Å². The Labute approximate surface area is 171 Å². The molecule has 0 heterocycles. The van der Waals surface area contributed by atoms with Gasteiger partial charge in [0.05, 0.1) is 19.2 Å². The lowest BCUT2D eigenvalue weighted by Crippen LogP contribution is -2.42. The van der Waals surface area contributed by atoms with E-state index in [0.29, 0.717) is 18.4 Å². The van der Waals surface area contributed by atoms with Gasteiger partial charge < -0.3 is 20.7 Å². The highest BCUT2D eigenvalue weighted by Gasteiger charge is 2.33. The molecule has 0 aliphatic heterocycles. The number of halogens is 4. The molecule has 2 rings (SSSR count). The third-order valence-electron chi connectivity index (χ3n) is 4.11. The van der Waals surface area contributed by atoms with Gasteiger partial charge in [-0.15, -0.1) is 0 Å². The number of nitrogens with one attached hydrogen (secondary N) is 3. The van der Waals surface area contributed by atoms with Crippen LogP contribution in [0.4, 0.5) is 17.6 Å². The molecule has 0 atom stereocenters. The molecular formula is C20H22F4N4O2. The zero-order chi connectivity index (χ0) is 22.1. The van der Waals surface area contributed by atoms with E-state index in [9.17, 15) is 22.4 Å². The summed E-state index contributed by atoms with van der Waals surface area (Å²) in [5.74, 6) is -0.461. The van der Waals surface area contributed by atoms with E-state index >= 15 is 0 Å². The molecule has 30 heavy (non-hydrogen) atoms. The minimum absolute atomic E-state index is 0.132. The molecule has 3 N–H and O–H groups in total. The average molecular weight is 426 g/mol. The fourth-order valence-corrected chi connectivity index (χ4v) is 2.54. The first-order valence-electron chi connectivity index (χ1n) is 8.92. The number of aliphatic imine (C=N–C) groups is 1. The standard InChI is InChI=1S/C20H22F4N4O2/c1-25-19(27-11-14-5-6-15(21)9-17(14)20(22,23)24)28-12-18(29)26-10-13-3-7-16(30-2)8-4-13/h3-9H,10-12H2,1-2H3,(H,26,29)(H2,25,27,28). The van der Waals surface area contributed by atoms with Crippen molar-refractivity contribution in [2.75, 3.05) is 20.7 Å². The van der Waals surface area contributed by atoms with Gasteiger partial charge in [-0.3, -0.25) is 9.79 Å². The van der Waals surface area contributed by atoms with Gasteiger partial charge >= 0.3 is 6.18 Å². The van der Waals surface area contributed by atoms with E-state index in [1.54, 1.807) is 19.2 Å². The molecule has 0 aliphatic rings. The maximum absolute atomic E-state index is 13.2. The highest BCUT2D eigenvalue weighted by molar-refractivity contribution is 5.86. The number of hydrogen-bond donors (Lipinski definition) is 3. The molecule has 2 aromatic rings. The highest BCUT2D eigenvalue weighted by atomic mass is 19.4. The largest absolute Gasteiger partial charge is 0.497 e. The Morgan fingerprint density at radius 1 is 1.03 bits per heavy atom. The van der Waals surface area contributed by atoms with Crippen LogP contribution in [0.2, 0.25) is 0 Å². The number of carbonyl (C=O) groups is 1. The van der Waals surface area contributed by atoms with Crippen molar-refractivity contribution in [2.45, 2.75) is 19.3 Å². The number of benzene rings is 2. The second-order valence-corrected chi connectivity index (χ2v) is 6.20. The first-order valence-corrected chi connectivity index (χ1v) is 8.92. The molecule has 0 bridgehead atoms. The van der Waals surface area contributed by atoms with E-state index in [2.05, 4.69) is 20.9 Å². The van der Waals surface area contributed by atoms with Crippen LogP contribution in [0.5, 0.6) is 5.75 Å². The summed E-state index contributed by atoms with van der Waals surface area (Å²) in [6.07, 6.45) is -4.68. The van der Waals surface area contributed by atoms with Gasteiger partial charge in [-0.25, -0.2) is 4.39 Å². The van der Waals surface area contributed by atoms with Crippen molar-refractivity contribution in [3.05, 3.63) is 65.0 Å². The number of ether oxygens (including phenoxy) is 1. The fourth-order valence-electron chi connectivity index (χ4n) is 2.54. The zero-order valence-electron chi connectivity index (χ0n) is 16.4. The van der Waals surface area contributed by atoms with Crippen molar-refractivity contribution in [3.63, 3.8) is 0 Å². The van der Waals surface area contributed by atoms with Crippen LogP contribution in [0.3, 0.4) is 0 Å². The van der Waals surface area contributed by atoms with E-state index in [0.717, 1.165) is 17.7 Å². The van der Waals surface area contributed by atoms with Crippen molar-refractivity contribution in [2.24, 2.45) is 4.99 Å². The second-order valence-electron chi connectivity index (χ2n) is 6.20. The molecule has 0 aromatic heterocycles. The molecule has 0 unspecified atom stereocenters. The average Bonchev–Trinajstić information content (AvgIpc) is 2.72.